The van der Waals surface area contributed by atoms with Crippen LogP contribution < -0.4 is 10.6 Å². The van der Waals surface area contributed by atoms with E-state index < -0.39 is 6.04 Å². The van der Waals surface area contributed by atoms with Gasteiger partial charge in [0, 0.05) is 6.04 Å². The van der Waals surface area contributed by atoms with Crippen LogP contribution in [-0.4, -0.2) is 48.0 Å². The zero-order valence-electron chi connectivity index (χ0n) is 9.61. The van der Waals surface area contributed by atoms with Crippen LogP contribution >= 0.6 is 0 Å². The molecule has 1 amide bonds. The van der Waals surface area contributed by atoms with Gasteiger partial charge in [0.15, 0.2) is 0 Å². The molecule has 0 heterocycles. The summed E-state index contributed by atoms with van der Waals surface area (Å²) in [5, 5.41) is 23.4. The quantitative estimate of drug-likeness (QED) is 0.490. The van der Waals surface area contributed by atoms with E-state index in [0.717, 1.165) is 12.8 Å². The van der Waals surface area contributed by atoms with Crippen molar-refractivity contribution in [1.82, 2.24) is 10.6 Å². The monoisotopic (exact) mass is 230 g/mol. The predicted octanol–water partition coefficient (Wildman–Crippen LogP) is -0.622. The first-order valence-electron chi connectivity index (χ1n) is 6.00. The third kappa shape index (κ3) is 4.92. The minimum absolute atomic E-state index is 0.0567. The second kappa shape index (κ2) is 7.60. The van der Waals surface area contributed by atoms with Crippen LogP contribution in [0.3, 0.4) is 0 Å². The van der Waals surface area contributed by atoms with Gasteiger partial charge in [0.2, 0.25) is 5.91 Å². The highest BCUT2D eigenvalue weighted by Crippen LogP contribution is 2.16. The van der Waals surface area contributed by atoms with Crippen molar-refractivity contribution in [2.24, 2.45) is 0 Å². The molecule has 0 atom stereocenters. The number of hydrogen-bond donors (Lipinski definition) is 4. The molecule has 16 heavy (non-hydrogen) atoms. The molecular formula is C11H22N2O3. The van der Waals surface area contributed by atoms with Crippen LogP contribution in [0.1, 0.15) is 32.1 Å². The Morgan fingerprint density at radius 1 is 1.19 bits per heavy atom. The normalized spacial score (nSPS) is 17.7. The molecule has 0 unspecified atom stereocenters. The first kappa shape index (κ1) is 13.4. The molecule has 4 N–H and O–H groups in total. The fraction of sp³-hybridized carbons (Fsp3) is 0.909. The largest absolute Gasteiger partial charge is 0.395 e. The Hall–Kier alpha value is -0.650. The van der Waals surface area contributed by atoms with Crippen LogP contribution in [0.5, 0.6) is 0 Å². The SMILES string of the molecule is O=C(CNC(CO)CO)NC1CCCCC1. The van der Waals surface area contributed by atoms with E-state index in [1.807, 2.05) is 0 Å². The smallest absolute Gasteiger partial charge is 0.234 e. The van der Waals surface area contributed by atoms with Crippen LogP contribution in [-0.2, 0) is 4.79 Å². The van der Waals surface area contributed by atoms with Crippen molar-refractivity contribution >= 4 is 5.91 Å². The number of aliphatic hydroxyl groups excluding tert-OH is 2. The molecule has 1 fully saturated rings. The Bertz CT molecular complexity index is 201. The van der Waals surface area contributed by atoms with Crippen molar-refractivity contribution in [2.45, 2.75) is 44.2 Å². The number of carbonyl (C=O) groups excluding carboxylic acids is 1. The lowest BCUT2D eigenvalue weighted by atomic mass is 9.95. The van der Waals surface area contributed by atoms with E-state index in [2.05, 4.69) is 10.6 Å². The Morgan fingerprint density at radius 2 is 1.81 bits per heavy atom. The summed E-state index contributed by atoms with van der Waals surface area (Å²) in [5.41, 5.74) is 0. The zero-order valence-corrected chi connectivity index (χ0v) is 9.61. The molecule has 5 heteroatoms. The summed E-state index contributed by atoms with van der Waals surface area (Å²) in [6, 6.07) is -0.0955. The summed E-state index contributed by atoms with van der Waals surface area (Å²) in [6.07, 6.45) is 5.77. The average molecular weight is 230 g/mol. The molecule has 1 aliphatic rings. The van der Waals surface area contributed by atoms with Crippen LogP contribution in [0, 0.1) is 0 Å². The fourth-order valence-corrected chi connectivity index (χ4v) is 1.95. The minimum atomic E-state index is -0.405. The van der Waals surface area contributed by atoms with Gasteiger partial charge in [-0.1, -0.05) is 19.3 Å². The van der Waals surface area contributed by atoms with Gasteiger partial charge in [-0.05, 0) is 12.8 Å². The molecule has 0 aromatic carbocycles. The van der Waals surface area contributed by atoms with Crippen molar-refractivity contribution in [3.63, 3.8) is 0 Å². The van der Waals surface area contributed by atoms with Crippen molar-refractivity contribution in [2.75, 3.05) is 19.8 Å². The molecule has 0 spiro atoms. The first-order chi connectivity index (χ1) is 7.76. The molecule has 1 saturated carbocycles. The van der Waals surface area contributed by atoms with Gasteiger partial charge in [0.1, 0.15) is 0 Å². The highest BCUT2D eigenvalue weighted by molar-refractivity contribution is 5.78. The Balaban J connectivity index is 2.14. The Kier molecular flexibility index (Phi) is 6.37. The summed E-state index contributed by atoms with van der Waals surface area (Å²) in [4.78, 5) is 11.5. The number of rotatable bonds is 6. The highest BCUT2D eigenvalue weighted by atomic mass is 16.3. The Labute approximate surface area is 96.2 Å². The molecule has 0 radical (unpaired) electrons. The van der Waals surface area contributed by atoms with Gasteiger partial charge >= 0.3 is 0 Å². The number of carbonyl (C=O) groups is 1. The maximum absolute atomic E-state index is 11.5. The van der Waals surface area contributed by atoms with Crippen molar-refractivity contribution < 1.29 is 15.0 Å². The fourth-order valence-electron chi connectivity index (χ4n) is 1.95. The van der Waals surface area contributed by atoms with Crippen molar-refractivity contribution in [3.8, 4) is 0 Å². The summed E-state index contributed by atoms with van der Waals surface area (Å²) >= 11 is 0. The van der Waals surface area contributed by atoms with Gasteiger partial charge in [0.05, 0.1) is 25.8 Å². The van der Waals surface area contributed by atoms with E-state index >= 15 is 0 Å². The topological polar surface area (TPSA) is 81.6 Å². The lowest BCUT2D eigenvalue weighted by molar-refractivity contribution is -0.121. The molecule has 1 rings (SSSR count). The van der Waals surface area contributed by atoms with Crippen LogP contribution in [0.2, 0.25) is 0 Å². The third-order valence-corrected chi connectivity index (χ3v) is 2.96. The molecule has 0 bridgehead atoms. The summed E-state index contributed by atoms with van der Waals surface area (Å²) < 4.78 is 0. The van der Waals surface area contributed by atoms with Gasteiger partial charge in [-0.15, -0.1) is 0 Å². The van der Waals surface area contributed by atoms with Gasteiger partial charge in [-0.25, -0.2) is 0 Å². The number of amides is 1. The van der Waals surface area contributed by atoms with E-state index in [-0.39, 0.29) is 25.7 Å². The number of nitrogens with one attached hydrogen (secondary N) is 2. The molecule has 0 saturated heterocycles. The van der Waals surface area contributed by atoms with Crippen molar-refractivity contribution in [1.29, 1.82) is 0 Å². The van der Waals surface area contributed by atoms with Gasteiger partial charge in [-0.3, -0.25) is 4.79 Å². The second-order valence-corrected chi connectivity index (χ2v) is 4.35. The molecular weight excluding hydrogens is 208 g/mol. The third-order valence-electron chi connectivity index (χ3n) is 2.96. The molecule has 1 aliphatic carbocycles. The summed E-state index contributed by atoms with van der Waals surface area (Å²) in [7, 11) is 0. The lowest BCUT2D eigenvalue weighted by Gasteiger charge is -2.23. The van der Waals surface area contributed by atoms with Crippen LogP contribution in [0.4, 0.5) is 0 Å². The van der Waals surface area contributed by atoms with Gasteiger partial charge in [-0.2, -0.15) is 0 Å². The van der Waals surface area contributed by atoms with E-state index in [0.29, 0.717) is 6.04 Å². The zero-order chi connectivity index (χ0) is 11.8. The summed E-state index contributed by atoms with van der Waals surface area (Å²) in [6.45, 7) is -0.164. The average Bonchev–Trinajstić information content (AvgIpc) is 2.31. The molecule has 0 aromatic rings. The maximum Gasteiger partial charge on any atom is 0.234 e. The van der Waals surface area contributed by atoms with Crippen LogP contribution in [0.25, 0.3) is 0 Å². The van der Waals surface area contributed by atoms with E-state index in [1.165, 1.54) is 19.3 Å². The van der Waals surface area contributed by atoms with Gasteiger partial charge < -0.3 is 20.8 Å². The molecule has 94 valence electrons. The Morgan fingerprint density at radius 3 is 2.38 bits per heavy atom. The van der Waals surface area contributed by atoms with Crippen molar-refractivity contribution in [3.05, 3.63) is 0 Å². The van der Waals surface area contributed by atoms with Gasteiger partial charge in [0.25, 0.3) is 0 Å². The first-order valence-corrected chi connectivity index (χ1v) is 6.00. The van der Waals surface area contributed by atoms with E-state index in [1.54, 1.807) is 0 Å². The second-order valence-electron chi connectivity index (χ2n) is 4.35. The van der Waals surface area contributed by atoms with E-state index in [4.69, 9.17) is 10.2 Å². The molecule has 0 aliphatic heterocycles. The number of hydrogen-bond acceptors (Lipinski definition) is 4. The van der Waals surface area contributed by atoms with E-state index in [9.17, 15) is 4.79 Å². The number of aliphatic hydroxyl groups is 2. The molecule has 0 aromatic heterocycles. The standard InChI is InChI=1S/C11H22N2O3/c14-7-10(8-15)12-6-11(16)13-9-4-2-1-3-5-9/h9-10,12,14-15H,1-8H2,(H,13,16). The predicted molar refractivity (Wildman–Crippen MR) is 61.0 cm³/mol. The highest BCUT2D eigenvalue weighted by Gasteiger charge is 2.16. The summed E-state index contributed by atoms with van der Waals surface area (Å²) in [5.74, 6) is -0.0567. The maximum atomic E-state index is 11.5. The minimum Gasteiger partial charge on any atom is -0.395 e. The molecule has 5 nitrogen and oxygen atoms in total. The van der Waals surface area contributed by atoms with Crippen LogP contribution in [0.15, 0.2) is 0 Å². The lowest BCUT2D eigenvalue weighted by Crippen LogP contribution is -2.45.